The minimum absolute atomic E-state index is 0.0893. The lowest BCUT2D eigenvalue weighted by atomic mass is 9.95. The monoisotopic (exact) mass is 534 g/mol. The van der Waals surface area contributed by atoms with Gasteiger partial charge in [-0.3, -0.25) is 4.90 Å². The number of alkyl halides is 4. The lowest BCUT2D eigenvalue weighted by Crippen LogP contribution is -2.53. The third-order valence-electron chi connectivity index (χ3n) is 7.09. The van der Waals surface area contributed by atoms with Crippen LogP contribution in [-0.2, 0) is 4.74 Å². The van der Waals surface area contributed by atoms with Gasteiger partial charge >= 0.3 is 12.3 Å². The number of hydrogen-bond acceptors (Lipinski definition) is 5. The smallest absolute Gasteiger partial charge is 0.417 e. The highest BCUT2D eigenvalue weighted by molar-refractivity contribution is 6.00. The number of ether oxygens (including phenoxy) is 1. The number of halogens is 4. The summed E-state index contributed by atoms with van der Waals surface area (Å²) >= 11 is 0. The lowest BCUT2D eigenvalue weighted by Gasteiger charge is -2.39. The van der Waals surface area contributed by atoms with Crippen LogP contribution in [-0.4, -0.2) is 65.6 Å². The number of amides is 1. The van der Waals surface area contributed by atoms with Crippen molar-refractivity contribution >= 4 is 34.2 Å². The first-order chi connectivity index (χ1) is 17.7. The maximum Gasteiger partial charge on any atom is 0.417 e. The second-order valence-corrected chi connectivity index (χ2v) is 11.0. The summed E-state index contributed by atoms with van der Waals surface area (Å²) in [7, 11) is 1.94. The zero-order chi connectivity index (χ0) is 27.8. The van der Waals surface area contributed by atoms with Crippen LogP contribution in [0.2, 0.25) is 0 Å². The van der Waals surface area contributed by atoms with E-state index in [0.29, 0.717) is 17.5 Å². The van der Waals surface area contributed by atoms with Crippen LogP contribution >= 0.6 is 0 Å². The molecule has 1 amide bonds. The third kappa shape index (κ3) is 6.11. The maximum atomic E-state index is 15.4. The molecule has 38 heavy (non-hydrogen) atoms. The van der Waals surface area contributed by atoms with E-state index in [-0.39, 0.29) is 35.4 Å². The number of fused-ring (bicyclic) bond motifs is 3. The van der Waals surface area contributed by atoms with Gasteiger partial charge in [0.2, 0.25) is 0 Å². The molecular weight excluding hydrogens is 500 g/mol. The molecule has 2 bridgehead atoms. The predicted molar refractivity (Wildman–Crippen MR) is 142 cm³/mol. The molecule has 1 aromatic heterocycles. The second kappa shape index (κ2) is 10.6. The van der Waals surface area contributed by atoms with E-state index < -0.39 is 35.7 Å². The number of rotatable bonds is 6. The Bertz CT molecular complexity index is 1240. The van der Waals surface area contributed by atoms with Crippen LogP contribution in [0.25, 0.3) is 22.4 Å². The number of benzene rings is 1. The van der Waals surface area contributed by atoms with Crippen molar-refractivity contribution in [2.45, 2.75) is 76.1 Å². The summed E-state index contributed by atoms with van der Waals surface area (Å²) < 4.78 is 61.6. The van der Waals surface area contributed by atoms with Gasteiger partial charge in [-0.1, -0.05) is 24.8 Å². The van der Waals surface area contributed by atoms with Crippen LogP contribution in [0.3, 0.4) is 0 Å². The van der Waals surface area contributed by atoms with Crippen LogP contribution < -0.4 is 10.6 Å². The van der Waals surface area contributed by atoms with Crippen molar-refractivity contribution in [3.63, 3.8) is 0 Å². The Balaban J connectivity index is 1.64. The molecule has 1 aromatic carbocycles. The highest BCUT2D eigenvalue weighted by Crippen LogP contribution is 2.40. The van der Waals surface area contributed by atoms with Gasteiger partial charge in [0.05, 0.1) is 23.0 Å². The Labute approximate surface area is 220 Å². The number of alkyl carbamates (subject to hydrolysis) is 1. The van der Waals surface area contributed by atoms with Gasteiger partial charge in [-0.25, -0.2) is 14.2 Å². The molecule has 6 nitrogen and oxygen atoms in total. The molecule has 206 valence electrons. The fourth-order valence-electron chi connectivity index (χ4n) is 5.25. The number of pyridine rings is 1. The van der Waals surface area contributed by atoms with E-state index in [2.05, 4.69) is 27.1 Å². The number of nitrogens with zero attached hydrogens (tertiary/aromatic N) is 2. The van der Waals surface area contributed by atoms with Crippen molar-refractivity contribution in [2.75, 3.05) is 18.9 Å². The summed E-state index contributed by atoms with van der Waals surface area (Å²) in [4.78, 5) is 18.2. The Kier molecular flexibility index (Phi) is 7.74. The molecule has 0 unspecified atom stereocenters. The summed E-state index contributed by atoms with van der Waals surface area (Å²) in [6.07, 6.45) is -0.960. The number of piperidine rings is 1. The Morgan fingerprint density at radius 2 is 1.97 bits per heavy atom. The lowest BCUT2D eigenvalue weighted by molar-refractivity contribution is -0.0688. The van der Waals surface area contributed by atoms with Gasteiger partial charge in [0.15, 0.2) is 0 Å². The van der Waals surface area contributed by atoms with Gasteiger partial charge in [-0.15, -0.1) is 0 Å². The molecule has 2 aliphatic rings. The van der Waals surface area contributed by atoms with E-state index in [1.54, 1.807) is 51.1 Å². The fraction of sp³-hybridized carbons (Fsp3) is 0.500. The fourth-order valence-corrected chi connectivity index (χ4v) is 5.25. The van der Waals surface area contributed by atoms with Gasteiger partial charge in [0.25, 0.3) is 0 Å². The van der Waals surface area contributed by atoms with E-state index in [9.17, 15) is 18.0 Å². The topological polar surface area (TPSA) is 66.5 Å². The van der Waals surface area contributed by atoms with Crippen molar-refractivity contribution in [3.8, 4) is 0 Å². The van der Waals surface area contributed by atoms with Crippen molar-refractivity contribution in [2.24, 2.45) is 0 Å². The molecule has 4 atom stereocenters. The normalized spacial score (nSPS) is 24.1. The van der Waals surface area contributed by atoms with E-state index in [0.717, 1.165) is 12.8 Å². The SMILES string of the molecule is C=C(c1nc(/C=C/CNC(=O)OC(C)(C)C)cc2c(N[C@@H]3C[C@H]4CC[C@@H]([C@@H]3F)N4C)cccc12)C(F)(F)F. The number of carbonyl (C=O) groups excluding carboxylic acids is 1. The first-order valence-corrected chi connectivity index (χ1v) is 12.7. The number of allylic oxidation sites excluding steroid dienone is 1. The van der Waals surface area contributed by atoms with Crippen molar-refractivity contribution in [1.29, 1.82) is 0 Å². The summed E-state index contributed by atoms with van der Waals surface area (Å²) in [6.45, 7) is 8.57. The van der Waals surface area contributed by atoms with Crippen LogP contribution in [0, 0.1) is 0 Å². The van der Waals surface area contributed by atoms with Gasteiger partial charge in [0.1, 0.15) is 11.8 Å². The molecule has 0 spiro atoms. The van der Waals surface area contributed by atoms with E-state index >= 15 is 4.39 Å². The first-order valence-electron chi connectivity index (χ1n) is 12.7. The van der Waals surface area contributed by atoms with Crippen LogP contribution in [0.5, 0.6) is 0 Å². The minimum Gasteiger partial charge on any atom is -0.444 e. The third-order valence-corrected chi connectivity index (χ3v) is 7.09. The molecule has 4 rings (SSSR count). The second-order valence-electron chi connectivity index (χ2n) is 11.0. The molecule has 10 heteroatoms. The first kappa shape index (κ1) is 27.9. The zero-order valence-electron chi connectivity index (χ0n) is 22.0. The highest BCUT2D eigenvalue weighted by Gasteiger charge is 2.46. The molecular formula is C28H34F4N4O2. The molecule has 0 saturated carbocycles. The Morgan fingerprint density at radius 1 is 1.24 bits per heavy atom. The van der Waals surface area contributed by atoms with Crippen molar-refractivity contribution in [3.05, 3.63) is 48.3 Å². The molecule has 0 radical (unpaired) electrons. The maximum absolute atomic E-state index is 15.4. The molecule has 2 aliphatic heterocycles. The number of aromatic nitrogens is 1. The summed E-state index contributed by atoms with van der Waals surface area (Å²) in [6, 6.07) is 6.25. The van der Waals surface area contributed by atoms with Crippen LogP contribution in [0.15, 0.2) is 36.9 Å². The van der Waals surface area contributed by atoms with E-state index in [1.807, 2.05) is 7.05 Å². The Morgan fingerprint density at radius 3 is 2.66 bits per heavy atom. The van der Waals surface area contributed by atoms with E-state index in [4.69, 9.17) is 4.74 Å². The Hall–Kier alpha value is -3.14. The number of nitrogens with one attached hydrogen (secondary N) is 2. The summed E-state index contributed by atoms with van der Waals surface area (Å²) in [5.41, 5.74) is -1.23. The minimum atomic E-state index is -4.68. The van der Waals surface area contributed by atoms with Crippen LogP contribution in [0.1, 0.15) is 51.4 Å². The number of hydrogen-bond donors (Lipinski definition) is 2. The zero-order valence-corrected chi connectivity index (χ0v) is 22.0. The number of carbonyl (C=O) groups is 1. The molecule has 2 fully saturated rings. The summed E-state index contributed by atoms with van der Waals surface area (Å²) in [5, 5.41) is 6.62. The largest absolute Gasteiger partial charge is 0.444 e. The standard InChI is InChI=1S/C28H34F4N4O2/c1-16(28(30,31)32)25-19-9-6-10-21(35-22-15-18-11-12-23(24(22)29)36(18)5)20(19)14-17(34-25)8-7-13-33-26(37)38-27(2,3)4/h6-10,14,18,22-24,35H,1,11-13,15H2,2-5H3,(H,33,37)/b8-7+/t18-,22-,23+,24-/m1/s1. The van der Waals surface area contributed by atoms with Gasteiger partial charge in [-0.2, -0.15) is 13.2 Å². The summed E-state index contributed by atoms with van der Waals surface area (Å²) in [5.74, 6) is 0. The molecule has 2 saturated heterocycles. The molecule has 0 aliphatic carbocycles. The van der Waals surface area contributed by atoms with Gasteiger partial charge in [-0.05, 0) is 65.3 Å². The average molecular weight is 535 g/mol. The molecule has 2 aromatic rings. The quantitative estimate of drug-likeness (QED) is 0.424. The molecule has 2 N–H and O–H groups in total. The van der Waals surface area contributed by atoms with Gasteiger partial charge < -0.3 is 15.4 Å². The average Bonchev–Trinajstić information content (AvgIpc) is 3.09. The predicted octanol–water partition coefficient (Wildman–Crippen LogP) is 6.33. The molecule has 3 heterocycles. The van der Waals surface area contributed by atoms with E-state index in [1.165, 1.54) is 6.08 Å². The van der Waals surface area contributed by atoms with Crippen molar-refractivity contribution in [1.82, 2.24) is 15.2 Å². The highest BCUT2D eigenvalue weighted by atomic mass is 19.4. The van der Waals surface area contributed by atoms with Crippen molar-refractivity contribution < 1.29 is 27.1 Å². The van der Waals surface area contributed by atoms with Gasteiger partial charge in [0, 0.05) is 35.1 Å². The van der Waals surface area contributed by atoms with Crippen LogP contribution in [0.4, 0.5) is 28.0 Å². The number of anilines is 1.